The average Bonchev–Trinajstić information content (AvgIpc) is 2.68. The SMILES string of the molecule is CC.CCCCCCC.CCCOCC(C)(C)Oc1cc(C(C)(C)C)cc(C(C)(C)C)c1. The van der Waals surface area contributed by atoms with E-state index in [1.54, 1.807) is 0 Å². The van der Waals surface area contributed by atoms with Crippen LogP contribution in [0.3, 0.4) is 0 Å². The van der Waals surface area contributed by atoms with Gasteiger partial charge in [0.2, 0.25) is 0 Å². The van der Waals surface area contributed by atoms with Crippen LogP contribution in [0.1, 0.15) is 140 Å². The lowest BCUT2D eigenvalue weighted by Gasteiger charge is -2.30. The average molecular weight is 451 g/mol. The Bertz CT molecular complexity index is 537. The highest BCUT2D eigenvalue weighted by Crippen LogP contribution is 2.34. The molecule has 0 aromatic heterocycles. The maximum absolute atomic E-state index is 6.30. The highest BCUT2D eigenvalue weighted by atomic mass is 16.5. The number of unbranched alkanes of at least 4 members (excludes halogenated alkanes) is 4. The van der Waals surface area contributed by atoms with E-state index >= 15 is 0 Å². The highest BCUT2D eigenvalue weighted by molar-refractivity contribution is 5.40. The van der Waals surface area contributed by atoms with Crippen molar-refractivity contribution in [3.8, 4) is 5.75 Å². The minimum absolute atomic E-state index is 0.0994. The van der Waals surface area contributed by atoms with Crippen molar-refractivity contribution in [3.05, 3.63) is 29.3 Å². The summed E-state index contributed by atoms with van der Waals surface area (Å²) < 4.78 is 12.0. The van der Waals surface area contributed by atoms with Crippen LogP contribution >= 0.6 is 0 Å². The largest absolute Gasteiger partial charge is 0.485 e. The molecule has 0 spiro atoms. The molecule has 1 aromatic rings. The van der Waals surface area contributed by atoms with Gasteiger partial charge in [-0.2, -0.15) is 0 Å². The molecule has 190 valence electrons. The van der Waals surface area contributed by atoms with Crippen molar-refractivity contribution < 1.29 is 9.47 Å². The summed E-state index contributed by atoms with van der Waals surface area (Å²) in [5.74, 6) is 0.937. The van der Waals surface area contributed by atoms with Crippen LogP contribution in [-0.4, -0.2) is 18.8 Å². The molecule has 0 amide bonds. The first-order chi connectivity index (χ1) is 14.8. The molecule has 0 aliphatic carbocycles. The monoisotopic (exact) mass is 450 g/mol. The maximum atomic E-state index is 6.30. The van der Waals surface area contributed by atoms with Crippen molar-refractivity contribution in [2.75, 3.05) is 13.2 Å². The molecule has 0 aliphatic heterocycles. The molecule has 0 aliphatic rings. The second-order valence-corrected chi connectivity index (χ2v) is 11.2. The Hall–Kier alpha value is -1.02. The fourth-order valence-corrected chi connectivity index (χ4v) is 3.01. The molecule has 0 radical (unpaired) electrons. The Morgan fingerprint density at radius 3 is 1.41 bits per heavy atom. The molecule has 0 bridgehead atoms. The lowest BCUT2D eigenvalue weighted by molar-refractivity contribution is -0.00315. The Morgan fingerprint density at radius 1 is 0.625 bits per heavy atom. The van der Waals surface area contributed by atoms with Gasteiger partial charge in [-0.05, 0) is 54.4 Å². The van der Waals surface area contributed by atoms with E-state index in [1.807, 2.05) is 13.8 Å². The molecule has 0 heterocycles. The van der Waals surface area contributed by atoms with E-state index in [0.717, 1.165) is 18.8 Å². The molecular weight excluding hydrogens is 392 g/mol. The Labute approximate surface area is 202 Å². The van der Waals surface area contributed by atoms with Crippen LogP contribution in [0, 0.1) is 0 Å². The zero-order valence-electron chi connectivity index (χ0n) is 24.2. The second-order valence-electron chi connectivity index (χ2n) is 11.2. The fraction of sp³-hybridized carbons (Fsp3) is 0.800. The van der Waals surface area contributed by atoms with Gasteiger partial charge in [-0.15, -0.1) is 0 Å². The van der Waals surface area contributed by atoms with Gasteiger partial charge in [-0.25, -0.2) is 0 Å². The number of hydrogen-bond donors (Lipinski definition) is 0. The molecule has 0 saturated heterocycles. The molecule has 2 heteroatoms. The van der Waals surface area contributed by atoms with Gasteiger partial charge in [0.25, 0.3) is 0 Å². The van der Waals surface area contributed by atoms with Gasteiger partial charge in [0, 0.05) is 6.61 Å². The molecule has 32 heavy (non-hydrogen) atoms. The first kappa shape index (κ1) is 33.2. The topological polar surface area (TPSA) is 18.5 Å². The lowest BCUT2D eigenvalue weighted by atomic mass is 9.80. The van der Waals surface area contributed by atoms with Gasteiger partial charge in [-0.3, -0.25) is 0 Å². The van der Waals surface area contributed by atoms with Crippen molar-refractivity contribution in [1.82, 2.24) is 0 Å². The van der Waals surface area contributed by atoms with E-state index in [-0.39, 0.29) is 16.4 Å². The number of ether oxygens (including phenoxy) is 2. The van der Waals surface area contributed by atoms with E-state index in [0.29, 0.717) is 6.61 Å². The van der Waals surface area contributed by atoms with Gasteiger partial charge in [0.05, 0.1) is 6.61 Å². The summed E-state index contributed by atoms with van der Waals surface area (Å²) in [5, 5.41) is 0. The first-order valence-corrected chi connectivity index (χ1v) is 13.2. The van der Waals surface area contributed by atoms with Crippen LogP contribution in [-0.2, 0) is 15.6 Å². The lowest BCUT2D eigenvalue weighted by Crippen LogP contribution is -2.34. The highest BCUT2D eigenvalue weighted by Gasteiger charge is 2.24. The molecular formula is C30H58O2. The summed E-state index contributed by atoms with van der Waals surface area (Å²) in [7, 11) is 0. The molecule has 0 saturated carbocycles. The van der Waals surface area contributed by atoms with Gasteiger partial charge in [0.1, 0.15) is 11.4 Å². The van der Waals surface area contributed by atoms with E-state index in [9.17, 15) is 0 Å². The first-order valence-electron chi connectivity index (χ1n) is 13.2. The Morgan fingerprint density at radius 2 is 1.06 bits per heavy atom. The molecule has 0 unspecified atom stereocenters. The van der Waals surface area contributed by atoms with Gasteiger partial charge < -0.3 is 9.47 Å². The van der Waals surface area contributed by atoms with Crippen LogP contribution in [0.15, 0.2) is 18.2 Å². The molecule has 0 atom stereocenters. The van der Waals surface area contributed by atoms with Crippen molar-refractivity contribution in [3.63, 3.8) is 0 Å². The number of benzene rings is 1. The van der Waals surface area contributed by atoms with Gasteiger partial charge in [-0.1, -0.05) is 114 Å². The molecule has 2 nitrogen and oxygen atoms in total. The van der Waals surface area contributed by atoms with Crippen LogP contribution < -0.4 is 4.74 Å². The van der Waals surface area contributed by atoms with Crippen molar-refractivity contribution in [1.29, 1.82) is 0 Å². The van der Waals surface area contributed by atoms with Crippen LogP contribution in [0.4, 0.5) is 0 Å². The van der Waals surface area contributed by atoms with Gasteiger partial charge >= 0.3 is 0 Å². The number of rotatable bonds is 10. The third kappa shape index (κ3) is 15.7. The van der Waals surface area contributed by atoms with E-state index < -0.39 is 0 Å². The summed E-state index contributed by atoms with van der Waals surface area (Å²) in [6, 6.07) is 6.67. The minimum Gasteiger partial charge on any atom is -0.485 e. The van der Waals surface area contributed by atoms with Crippen LogP contribution in [0.5, 0.6) is 5.75 Å². The summed E-state index contributed by atoms with van der Waals surface area (Å²) in [5.41, 5.74) is 2.49. The van der Waals surface area contributed by atoms with Gasteiger partial charge in [0.15, 0.2) is 0 Å². The van der Waals surface area contributed by atoms with E-state index in [4.69, 9.17) is 9.47 Å². The summed E-state index contributed by atoms with van der Waals surface area (Å²) in [6.07, 6.45) is 8.04. The second kappa shape index (κ2) is 16.6. The quantitative estimate of drug-likeness (QED) is 0.330. The summed E-state index contributed by atoms with van der Waals surface area (Å²) in [6.45, 7) is 29.6. The van der Waals surface area contributed by atoms with Crippen molar-refractivity contribution in [2.45, 2.75) is 145 Å². The number of hydrogen-bond acceptors (Lipinski definition) is 2. The summed E-state index contributed by atoms with van der Waals surface area (Å²) in [4.78, 5) is 0. The molecule has 0 N–H and O–H groups in total. The molecule has 0 fully saturated rings. The van der Waals surface area contributed by atoms with Crippen molar-refractivity contribution in [2.24, 2.45) is 0 Å². The zero-order valence-corrected chi connectivity index (χ0v) is 24.2. The smallest absolute Gasteiger partial charge is 0.127 e. The predicted octanol–water partition coefficient (Wildman–Crippen LogP) is 9.87. The third-order valence-electron chi connectivity index (χ3n) is 5.04. The predicted molar refractivity (Wildman–Crippen MR) is 145 cm³/mol. The molecule has 1 rings (SSSR count). The maximum Gasteiger partial charge on any atom is 0.127 e. The van der Waals surface area contributed by atoms with Crippen LogP contribution in [0.25, 0.3) is 0 Å². The zero-order chi connectivity index (χ0) is 25.4. The third-order valence-corrected chi connectivity index (χ3v) is 5.04. The van der Waals surface area contributed by atoms with Crippen molar-refractivity contribution >= 4 is 0 Å². The minimum atomic E-state index is -0.333. The van der Waals surface area contributed by atoms with Crippen LogP contribution in [0.2, 0.25) is 0 Å². The molecule has 1 aromatic carbocycles. The standard InChI is InChI=1S/C21H36O2.C7H16.C2H6/c1-10-11-22-15-21(8,9)23-18-13-16(19(2,3)4)12-17(14-18)20(5,6)7;1-3-5-7-6-4-2;1-2/h12-14H,10-11,15H2,1-9H3;3-7H2,1-2H3;1-2H3. The van der Waals surface area contributed by atoms with E-state index in [2.05, 4.69) is 94.4 Å². The Balaban J connectivity index is 0. The fourth-order valence-electron chi connectivity index (χ4n) is 3.01. The Kier molecular flexibility index (Phi) is 17.2. The van der Waals surface area contributed by atoms with E-state index in [1.165, 1.54) is 43.2 Å². The normalized spacial score (nSPS) is 11.8. The summed E-state index contributed by atoms with van der Waals surface area (Å²) >= 11 is 0.